The van der Waals surface area contributed by atoms with Gasteiger partial charge in [0, 0.05) is 20.8 Å². The molecule has 0 aliphatic heterocycles. The fourth-order valence-electron chi connectivity index (χ4n) is 1.19. The van der Waals surface area contributed by atoms with E-state index in [-0.39, 0.29) is 12.0 Å². The van der Waals surface area contributed by atoms with Crippen LogP contribution in [0.1, 0.15) is 9.67 Å². The third-order valence-electron chi connectivity index (χ3n) is 2.08. The Labute approximate surface area is 98.5 Å². The summed E-state index contributed by atoms with van der Waals surface area (Å²) >= 11 is 1.32. The van der Waals surface area contributed by atoms with Gasteiger partial charge in [-0.25, -0.2) is 0 Å². The van der Waals surface area contributed by atoms with Crippen LogP contribution in [0.2, 0.25) is 0 Å². The maximum absolute atomic E-state index is 11.7. The molecule has 1 heterocycles. The number of rotatable bonds is 6. The molecule has 1 atom stereocenters. The van der Waals surface area contributed by atoms with Gasteiger partial charge in [0.2, 0.25) is 0 Å². The van der Waals surface area contributed by atoms with E-state index in [0.29, 0.717) is 23.7 Å². The molecule has 1 aromatic rings. The Morgan fingerprint density at radius 3 is 2.88 bits per heavy atom. The van der Waals surface area contributed by atoms with E-state index >= 15 is 0 Å². The van der Waals surface area contributed by atoms with Crippen molar-refractivity contribution in [3.8, 4) is 0 Å². The summed E-state index contributed by atoms with van der Waals surface area (Å²) in [6.45, 7) is 0.844. The third kappa shape index (κ3) is 3.48. The fraction of sp³-hybridized carbons (Fsp3) is 0.500. The van der Waals surface area contributed by atoms with Gasteiger partial charge in [0.25, 0.3) is 5.91 Å². The van der Waals surface area contributed by atoms with E-state index in [1.165, 1.54) is 11.3 Å². The highest BCUT2D eigenvalue weighted by atomic mass is 32.1. The molecule has 5 nitrogen and oxygen atoms in total. The van der Waals surface area contributed by atoms with Gasteiger partial charge in [-0.2, -0.15) is 0 Å². The lowest BCUT2D eigenvalue weighted by molar-refractivity contribution is 0.0286. The summed E-state index contributed by atoms with van der Waals surface area (Å²) in [5, 5.41) is 4.53. The van der Waals surface area contributed by atoms with Crippen LogP contribution in [0.3, 0.4) is 0 Å². The molecule has 0 radical (unpaired) electrons. The van der Waals surface area contributed by atoms with Gasteiger partial charge in [-0.1, -0.05) is 0 Å². The minimum absolute atomic E-state index is 0.143. The largest absolute Gasteiger partial charge is 0.397 e. The van der Waals surface area contributed by atoms with Crippen LogP contribution in [0.5, 0.6) is 0 Å². The van der Waals surface area contributed by atoms with Crippen molar-refractivity contribution < 1.29 is 14.3 Å². The van der Waals surface area contributed by atoms with Gasteiger partial charge < -0.3 is 20.5 Å². The highest BCUT2D eigenvalue weighted by Crippen LogP contribution is 2.18. The van der Waals surface area contributed by atoms with Crippen molar-refractivity contribution >= 4 is 22.9 Å². The van der Waals surface area contributed by atoms with Crippen LogP contribution >= 0.6 is 11.3 Å². The molecule has 0 aliphatic carbocycles. The summed E-state index contributed by atoms with van der Waals surface area (Å²) < 4.78 is 10.1. The zero-order valence-corrected chi connectivity index (χ0v) is 10.2. The summed E-state index contributed by atoms with van der Waals surface area (Å²) in [4.78, 5) is 12.2. The van der Waals surface area contributed by atoms with E-state index in [9.17, 15) is 4.79 Å². The molecule has 3 N–H and O–H groups in total. The Kier molecular flexibility index (Phi) is 5.24. The number of ether oxygens (including phenoxy) is 2. The van der Waals surface area contributed by atoms with Crippen LogP contribution in [-0.2, 0) is 9.47 Å². The van der Waals surface area contributed by atoms with E-state index in [1.807, 2.05) is 0 Å². The maximum atomic E-state index is 11.7. The second kappa shape index (κ2) is 6.47. The van der Waals surface area contributed by atoms with Crippen LogP contribution < -0.4 is 11.1 Å². The Morgan fingerprint density at radius 1 is 1.62 bits per heavy atom. The van der Waals surface area contributed by atoms with Gasteiger partial charge in [-0.05, 0) is 11.4 Å². The van der Waals surface area contributed by atoms with Crippen LogP contribution in [0.25, 0.3) is 0 Å². The predicted molar refractivity (Wildman–Crippen MR) is 63.7 cm³/mol. The molecule has 6 heteroatoms. The Balaban J connectivity index is 2.43. The second-order valence-corrected chi connectivity index (χ2v) is 4.14. The number of anilines is 1. The molecular weight excluding hydrogens is 228 g/mol. The average molecular weight is 244 g/mol. The molecule has 1 unspecified atom stereocenters. The first-order valence-electron chi connectivity index (χ1n) is 4.82. The highest BCUT2D eigenvalue weighted by Gasteiger charge is 2.13. The van der Waals surface area contributed by atoms with Crippen molar-refractivity contribution in [1.82, 2.24) is 5.32 Å². The Bertz CT molecular complexity index is 341. The maximum Gasteiger partial charge on any atom is 0.263 e. The summed E-state index contributed by atoms with van der Waals surface area (Å²) in [7, 11) is 3.17. The molecule has 90 valence electrons. The van der Waals surface area contributed by atoms with Gasteiger partial charge in [-0.15, -0.1) is 11.3 Å². The second-order valence-electron chi connectivity index (χ2n) is 3.23. The first kappa shape index (κ1) is 13.0. The van der Waals surface area contributed by atoms with Crippen molar-refractivity contribution in [3.05, 3.63) is 16.3 Å². The van der Waals surface area contributed by atoms with Crippen molar-refractivity contribution in [2.24, 2.45) is 0 Å². The van der Waals surface area contributed by atoms with Gasteiger partial charge in [0.05, 0.1) is 18.4 Å². The number of carbonyl (C=O) groups excluding carboxylic acids is 1. The van der Waals surface area contributed by atoms with Gasteiger partial charge in [-0.3, -0.25) is 4.79 Å². The van der Waals surface area contributed by atoms with Gasteiger partial charge >= 0.3 is 0 Å². The predicted octanol–water partition coefficient (Wildman–Crippen LogP) is 0.722. The number of hydrogen-bond acceptors (Lipinski definition) is 5. The lowest BCUT2D eigenvalue weighted by Gasteiger charge is -2.14. The Morgan fingerprint density at radius 2 is 2.38 bits per heavy atom. The number of hydrogen-bond donors (Lipinski definition) is 2. The minimum Gasteiger partial charge on any atom is -0.397 e. The summed E-state index contributed by atoms with van der Waals surface area (Å²) in [5.41, 5.74) is 6.14. The van der Waals surface area contributed by atoms with E-state index in [4.69, 9.17) is 15.2 Å². The molecule has 0 saturated carbocycles. The molecule has 0 aliphatic rings. The third-order valence-corrected chi connectivity index (χ3v) is 3.01. The molecule has 16 heavy (non-hydrogen) atoms. The number of nitrogens with one attached hydrogen (secondary N) is 1. The lowest BCUT2D eigenvalue weighted by atomic mass is 10.3. The topological polar surface area (TPSA) is 73.6 Å². The molecular formula is C10H16N2O3S. The van der Waals surface area contributed by atoms with Crippen LogP contribution in [-0.4, -0.2) is 39.4 Å². The number of nitrogens with two attached hydrogens (primary N) is 1. The molecule has 0 aromatic carbocycles. The van der Waals surface area contributed by atoms with Crippen LogP contribution in [0, 0.1) is 0 Å². The number of carbonyl (C=O) groups is 1. The normalized spacial score (nSPS) is 12.4. The van der Waals surface area contributed by atoms with E-state index < -0.39 is 0 Å². The SMILES string of the molecule is COCC(CNC(=O)c1sccc1N)OC. The molecule has 0 saturated heterocycles. The van der Waals surface area contributed by atoms with Gasteiger partial charge in [0.1, 0.15) is 4.88 Å². The average Bonchev–Trinajstić information content (AvgIpc) is 2.70. The minimum atomic E-state index is -0.175. The standard InChI is InChI=1S/C10H16N2O3S/c1-14-6-7(15-2)5-12-10(13)9-8(11)3-4-16-9/h3-4,7H,5-6,11H2,1-2H3,(H,12,13). The first-order valence-corrected chi connectivity index (χ1v) is 5.70. The fourth-order valence-corrected chi connectivity index (χ4v) is 1.92. The van der Waals surface area contributed by atoms with Crippen molar-refractivity contribution in [1.29, 1.82) is 0 Å². The quantitative estimate of drug-likeness (QED) is 0.773. The number of methoxy groups -OCH3 is 2. The van der Waals surface area contributed by atoms with Crippen LogP contribution in [0.15, 0.2) is 11.4 Å². The number of nitrogen functional groups attached to an aromatic ring is 1. The van der Waals surface area contributed by atoms with Crippen LogP contribution in [0.4, 0.5) is 5.69 Å². The van der Waals surface area contributed by atoms with Crippen molar-refractivity contribution in [2.45, 2.75) is 6.10 Å². The summed E-state index contributed by atoms with van der Waals surface area (Å²) in [5.74, 6) is -0.175. The van der Waals surface area contributed by atoms with E-state index in [1.54, 1.807) is 25.7 Å². The molecule has 1 rings (SSSR count). The number of amides is 1. The van der Waals surface area contributed by atoms with Gasteiger partial charge in [0.15, 0.2) is 0 Å². The number of thiophene rings is 1. The lowest BCUT2D eigenvalue weighted by Crippen LogP contribution is -2.35. The zero-order chi connectivity index (χ0) is 12.0. The van der Waals surface area contributed by atoms with Crippen molar-refractivity contribution in [2.75, 3.05) is 33.1 Å². The van der Waals surface area contributed by atoms with Crippen molar-refractivity contribution in [3.63, 3.8) is 0 Å². The van der Waals surface area contributed by atoms with E-state index in [0.717, 1.165) is 0 Å². The molecule has 1 aromatic heterocycles. The summed E-state index contributed by atoms with van der Waals surface area (Å²) in [6.07, 6.45) is -0.143. The Hall–Kier alpha value is -1.11. The molecule has 0 spiro atoms. The highest BCUT2D eigenvalue weighted by molar-refractivity contribution is 7.12. The zero-order valence-electron chi connectivity index (χ0n) is 9.36. The molecule has 0 bridgehead atoms. The molecule has 0 fully saturated rings. The monoisotopic (exact) mass is 244 g/mol. The molecule has 1 amide bonds. The summed E-state index contributed by atoms with van der Waals surface area (Å²) in [6, 6.07) is 1.71. The first-order chi connectivity index (χ1) is 7.69. The van der Waals surface area contributed by atoms with E-state index in [2.05, 4.69) is 5.32 Å². The smallest absolute Gasteiger partial charge is 0.263 e.